The number of carbonyl (C=O) groups excluding carboxylic acids is 1. The molecule has 0 aliphatic heterocycles. The van der Waals surface area contributed by atoms with Gasteiger partial charge < -0.3 is 15.7 Å². The minimum Gasteiger partial charge on any atom is -0.481 e. The molecule has 3 N–H and O–H groups in total. The van der Waals surface area contributed by atoms with Crippen LogP contribution in [-0.4, -0.2) is 17.0 Å². The second kappa shape index (κ2) is 11.2. The van der Waals surface area contributed by atoms with Crippen LogP contribution < -0.4 is 10.6 Å². The lowest BCUT2D eigenvalue weighted by molar-refractivity contribution is -0.137. The Labute approximate surface area is 210 Å². The van der Waals surface area contributed by atoms with E-state index in [-0.39, 0.29) is 18.4 Å². The van der Waals surface area contributed by atoms with E-state index in [0.717, 1.165) is 27.6 Å². The third-order valence-corrected chi connectivity index (χ3v) is 6.11. The number of anilines is 2. The summed E-state index contributed by atoms with van der Waals surface area (Å²) < 4.78 is 0. The van der Waals surface area contributed by atoms with Gasteiger partial charge in [-0.05, 0) is 72.0 Å². The largest absolute Gasteiger partial charge is 0.481 e. The fraction of sp³-hybridized carbons (Fsp3) is 0.167. The van der Waals surface area contributed by atoms with Gasteiger partial charge in [0.25, 0.3) is 5.91 Å². The Morgan fingerprint density at radius 3 is 2.50 bits per heavy atom. The van der Waals surface area contributed by atoms with Crippen molar-refractivity contribution in [2.24, 2.45) is 0 Å². The van der Waals surface area contributed by atoms with Gasteiger partial charge in [-0.25, -0.2) is 0 Å². The predicted octanol–water partition coefficient (Wildman–Crippen LogP) is 6.35. The molecule has 0 bridgehead atoms. The van der Waals surface area contributed by atoms with E-state index in [2.05, 4.69) is 16.7 Å². The second-order valence-corrected chi connectivity index (χ2v) is 8.70. The average molecular weight is 478 g/mol. The van der Waals surface area contributed by atoms with Gasteiger partial charge in [0, 0.05) is 23.4 Å². The molecule has 0 aromatic heterocycles. The highest BCUT2D eigenvalue weighted by molar-refractivity contribution is 5.97. The van der Waals surface area contributed by atoms with Crippen LogP contribution in [0.15, 0.2) is 84.9 Å². The topological polar surface area (TPSA) is 102 Å². The lowest BCUT2D eigenvalue weighted by Crippen LogP contribution is -2.28. The molecule has 0 fully saturated rings. The van der Waals surface area contributed by atoms with E-state index in [1.165, 1.54) is 0 Å². The van der Waals surface area contributed by atoms with Gasteiger partial charge in [-0.1, -0.05) is 54.6 Å². The molecule has 0 saturated heterocycles. The van der Waals surface area contributed by atoms with Gasteiger partial charge in [0.1, 0.15) is 0 Å². The molecule has 4 aromatic carbocycles. The molecule has 6 heteroatoms. The number of amides is 1. The van der Waals surface area contributed by atoms with Gasteiger partial charge in [0.15, 0.2) is 0 Å². The maximum absolute atomic E-state index is 13.5. The highest BCUT2D eigenvalue weighted by Gasteiger charge is 2.17. The van der Waals surface area contributed by atoms with Crippen LogP contribution >= 0.6 is 0 Å². The summed E-state index contributed by atoms with van der Waals surface area (Å²) >= 11 is 0. The van der Waals surface area contributed by atoms with Gasteiger partial charge in [-0.3, -0.25) is 9.59 Å². The number of aryl methyl sites for hydroxylation is 1. The monoisotopic (exact) mass is 477 g/mol. The number of hydrogen-bond acceptors (Lipinski definition) is 4. The maximum Gasteiger partial charge on any atom is 0.303 e. The molecule has 1 unspecified atom stereocenters. The summed E-state index contributed by atoms with van der Waals surface area (Å²) in [6.07, 6.45) is 0.946. The van der Waals surface area contributed by atoms with Crippen molar-refractivity contribution < 1.29 is 14.7 Å². The van der Waals surface area contributed by atoms with E-state index in [1.807, 2.05) is 67.6 Å². The quantitative estimate of drug-likeness (QED) is 0.261. The smallest absolute Gasteiger partial charge is 0.303 e. The first-order valence-corrected chi connectivity index (χ1v) is 11.8. The van der Waals surface area contributed by atoms with E-state index < -0.39 is 5.97 Å². The third-order valence-electron chi connectivity index (χ3n) is 6.11. The fourth-order valence-electron chi connectivity index (χ4n) is 4.33. The summed E-state index contributed by atoms with van der Waals surface area (Å²) in [6.45, 7) is 1.96. The summed E-state index contributed by atoms with van der Waals surface area (Å²) in [7, 11) is 0. The SMILES string of the molecule is CC(NC(=O)c1cc(Nc2cccc(C#N)c2)ccc1CCCC(=O)O)c1cccc2ccccc12. The van der Waals surface area contributed by atoms with Crippen molar-refractivity contribution in [3.05, 3.63) is 107 Å². The first-order chi connectivity index (χ1) is 17.4. The van der Waals surface area contributed by atoms with Crippen molar-refractivity contribution in [3.8, 4) is 6.07 Å². The van der Waals surface area contributed by atoms with Crippen LogP contribution in [0.1, 0.15) is 52.9 Å². The fourth-order valence-corrected chi connectivity index (χ4v) is 4.33. The number of carbonyl (C=O) groups is 2. The standard InChI is InChI=1S/C30H27N3O3/c1-20(26-13-5-9-22-8-2-3-12-27(22)26)32-30(36)28-18-25(16-15-23(28)10-6-14-29(34)35)33-24-11-4-7-21(17-24)19-31/h2-5,7-9,11-13,15-18,20,33H,6,10,14H2,1H3,(H,32,36)(H,34,35). The van der Waals surface area contributed by atoms with Crippen molar-refractivity contribution in [1.82, 2.24) is 5.32 Å². The number of hydrogen-bond donors (Lipinski definition) is 3. The van der Waals surface area contributed by atoms with Crippen molar-refractivity contribution in [2.45, 2.75) is 32.2 Å². The van der Waals surface area contributed by atoms with Gasteiger partial charge in [-0.2, -0.15) is 5.26 Å². The Morgan fingerprint density at radius 2 is 1.69 bits per heavy atom. The van der Waals surface area contributed by atoms with E-state index in [0.29, 0.717) is 29.7 Å². The molecule has 180 valence electrons. The number of nitriles is 1. The first kappa shape index (κ1) is 24.5. The van der Waals surface area contributed by atoms with Crippen LogP contribution in [0.25, 0.3) is 10.8 Å². The molecule has 0 radical (unpaired) electrons. The van der Waals surface area contributed by atoms with Crippen LogP contribution in [0.5, 0.6) is 0 Å². The number of aliphatic carboxylic acids is 1. The lowest BCUT2D eigenvalue weighted by atomic mass is 9.97. The van der Waals surface area contributed by atoms with Crippen LogP contribution in [0, 0.1) is 11.3 Å². The molecular formula is C30H27N3O3. The van der Waals surface area contributed by atoms with Gasteiger partial charge in [0.2, 0.25) is 0 Å². The Hall–Kier alpha value is -4.63. The number of carboxylic acid groups (broad SMARTS) is 1. The third kappa shape index (κ3) is 5.89. The maximum atomic E-state index is 13.5. The summed E-state index contributed by atoms with van der Waals surface area (Å²) in [4.78, 5) is 24.5. The zero-order valence-electron chi connectivity index (χ0n) is 20.0. The van der Waals surface area contributed by atoms with Crippen molar-refractivity contribution in [3.63, 3.8) is 0 Å². The van der Waals surface area contributed by atoms with Crippen molar-refractivity contribution in [1.29, 1.82) is 5.26 Å². The lowest BCUT2D eigenvalue weighted by Gasteiger charge is -2.19. The summed E-state index contributed by atoms with van der Waals surface area (Å²) in [6, 6.07) is 28.6. The zero-order valence-corrected chi connectivity index (χ0v) is 20.0. The Morgan fingerprint density at radius 1 is 0.944 bits per heavy atom. The summed E-state index contributed by atoms with van der Waals surface area (Å²) in [5.41, 5.74) is 4.28. The van der Waals surface area contributed by atoms with E-state index in [4.69, 9.17) is 5.11 Å². The minimum absolute atomic E-state index is 0.0361. The van der Waals surface area contributed by atoms with E-state index in [1.54, 1.807) is 24.3 Å². The van der Waals surface area contributed by atoms with Crippen LogP contribution in [-0.2, 0) is 11.2 Å². The van der Waals surface area contributed by atoms with Crippen LogP contribution in [0.3, 0.4) is 0 Å². The normalized spacial score (nSPS) is 11.4. The average Bonchev–Trinajstić information content (AvgIpc) is 2.88. The molecule has 0 heterocycles. The summed E-state index contributed by atoms with van der Waals surface area (Å²) in [5, 5.41) is 26.8. The molecule has 0 saturated carbocycles. The number of benzene rings is 4. The Balaban J connectivity index is 1.61. The molecule has 1 atom stereocenters. The number of rotatable bonds is 9. The molecule has 0 spiro atoms. The molecule has 4 rings (SSSR count). The highest BCUT2D eigenvalue weighted by atomic mass is 16.4. The van der Waals surface area contributed by atoms with Crippen molar-refractivity contribution in [2.75, 3.05) is 5.32 Å². The first-order valence-electron chi connectivity index (χ1n) is 11.8. The molecule has 6 nitrogen and oxygen atoms in total. The highest BCUT2D eigenvalue weighted by Crippen LogP contribution is 2.26. The number of nitrogens with zero attached hydrogens (tertiary/aromatic N) is 1. The zero-order chi connectivity index (χ0) is 25.5. The van der Waals surface area contributed by atoms with Crippen LogP contribution in [0.2, 0.25) is 0 Å². The van der Waals surface area contributed by atoms with Crippen LogP contribution in [0.4, 0.5) is 11.4 Å². The second-order valence-electron chi connectivity index (χ2n) is 8.70. The van der Waals surface area contributed by atoms with Gasteiger partial charge in [0.05, 0.1) is 17.7 Å². The number of fused-ring (bicyclic) bond motifs is 1. The van der Waals surface area contributed by atoms with Gasteiger partial charge in [-0.15, -0.1) is 0 Å². The van der Waals surface area contributed by atoms with Crippen molar-refractivity contribution >= 4 is 34.0 Å². The molecule has 0 aliphatic carbocycles. The number of carboxylic acids is 1. The predicted molar refractivity (Wildman–Crippen MR) is 141 cm³/mol. The Kier molecular flexibility index (Phi) is 7.62. The molecule has 1 amide bonds. The molecule has 4 aromatic rings. The minimum atomic E-state index is -0.860. The molecule has 0 aliphatic rings. The van der Waals surface area contributed by atoms with Gasteiger partial charge >= 0.3 is 5.97 Å². The molecule has 36 heavy (non-hydrogen) atoms. The Bertz CT molecular complexity index is 1450. The van der Waals surface area contributed by atoms with E-state index in [9.17, 15) is 14.9 Å². The summed E-state index contributed by atoms with van der Waals surface area (Å²) in [5.74, 6) is -1.09. The molecular weight excluding hydrogens is 450 g/mol. The van der Waals surface area contributed by atoms with E-state index >= 15 is 0 Å². The number of nitrogens with one attached hydrogen (secondary N) is 2.